The molecule has 0 aliphatic rings. The highest BCUT2D eigenvalue weighted by Crippen LogP contribution is 2.06. The largest absolute Gasteiger partial charge is 0.352 e. The van der Waals surface area contributed by atoms with Gasteiger partial charge in [-0.1, -0.05) is 11.6 Å². The molecule has 0 spiro atoms. The number of pyridine rings is 1. The van der Waals surface area contributed by atoms with Crippen LogP contribution in [0.5, 0.6) is 0 Å². The second-order valence-electron chi connectivity index (χ2n) is 2.77. The molecule has 0 radical (unpaired) electrons. The first-order valence-electron chi connectivity index (χ1n) is 4.34. The Bertz CT molecular complexity index is 317. The second kappa shape index (κ2) is 5.57. The number of rotatable bonds is 4. The monoisotopic (exact) mass is 213 g/mol. The molecule has 0 aromatic carbocycles. The molecule has 1 heterocycles. The highest BCUT2D eigenvalue weighted by atomic mass is 35.5. The number of carbonyl (C=O) groups is 1. The summed E-state index contributed by atoms with van der Waals surface area (Å²) in [6.07, 6.45) is 2.27. The number of nitrogens with zero attached hydrogens (tertiary/aromatic N) is 1. The van der Waals surface area contributed by atoms with E-state index in [1.54, 1.807) is 6.07 Å². The lowest BCUT2D eigenvalue weighted by Crippen LogP contribution is -2.25. The van der Waals surface area contributed by atoms with E-state index in [-0.39, 0.29) is 5.91 Å². The van der Waals surface area contributed by atoms with Crippen molar-refractivity contribution in [3.8, 4) is 0 Å². The van der Waals surface area contributed by atoms with E-state index in [9.17, 15) is 4.79 Å². The summed E-state index contributed by atoms with van der Waals surface area (Å²) in [5.41, 5.74) is 5.81. The van der Waals surface area contributed by atoms with Gasteiger partial charge in [-0.3, -0.25) is 4.79 Å². The Kier molecular flexibility index (Phi) is 4.35. The lowest BCUT2D eigenvalue weighted by Gasteiger charge is -2.03. The Morgan fingerprint density at radius 3 is 3.07 bits per heavy atom. The van der Waals surface area contributed by atoms with Crippen molar-refractivity contribution in [2.75, 3.05) is 13.1 Å². The van der Waals surface area contributed by atoms with Gasteiger partial charge in [0.05, 0.1) is 0 Å². The van der Waals surface area contributed by atoms with Crippen LogP contribution in [0.4, 0.5) is 0 Å². The van der Waals surface area contributed by atoms with Crippen LogP contribution in [0.2, 0.25) is 5.15 Å². The first kappa shape index (κ1) is 10.9. The summed E-state index contributed by atoms with van der Waals surface area (Å²) in [6.45, 7) is 1.15. The number of hydrogen-bond donors (Lipinski definition) is 2. The predicted octanol–water partition coefficient (Wildman–Crippen LogP) is 0.814. The van der Waals surface area contributed by atoms with E-state index in [0.717, 1.165) is 6.42 Å². The fraction of sp³-hybridized carbons (Fsp3) is 0.333. The van der Waals surface area contributed by atoms with E-state index in [1.165, 1.54) is 12.3 Å². The number of halogens is 1. The Hall–Kier alpha value is -1.13. The number of hydrogen-bond acceptors (Lipinski definition) is 3. The van der Waals surface area contributed by atoms with Crippen LogP contribution in [0, 0.1) is 0 Å². The molecule has 0 saturated heterocycles. The molecule has 1 aromatic rings. The molecule has 1 aromatic heterocycles. The van der Waals surface area contributed by atoms with Crippen LogP contribution >= 0.6 is 11.6 Å². The SMILES string of the molecule is NCCCNC(=O)c1ccnc(Cl)c1. The lowest BCUT2D eigenvalue weighted by molar-refractivity contribution is 0.0953. The molecule has 0 saturated carbocycles. The maximum atomic E-state index is 11.4. The molecular formula is C9H12ClN3O. The molecule has 1 rings (SSSR count). The Morgan fingerprint density at radius 1 is 1.64 bits per heavy atom. The summed E-state index contributed by atoms with van der Waals surface area (Å²) >= 11 is 5.64. The van der Waals surface area contributed by atoms with Crippen LogP contribution in [-0.2, 0) is 0 Å². The summed E-state index contributed by atoms with van der Waals surface area (Å²) in [5, 5.41) is 3.04. The summed E-state index contributed by atoms with van der Waals surface area (Å²) in [7, 11) is 0. The average Bonchev–Trinajstić information content (AvgIpc) is 2.18. The molecule has 14 heavy (non-hydrogen) atoms. The standard InChI is InChI=1S/C9H12ClN3O/c10-8-6-7(2-5-12-8)9(14)13-4-1-3-11/h2,5-6H,1,3-4,11H2,(H,13,14). The van der Waals surface area contributed by atoms with Gasteiger partial charge in [-0.2, -0.15) is 0 Å². The first-order chi connectivity index (χ1) is 6.74. The zero-order chi connectivity index (χ0) is 10.4. The van der Waals surface area contributed by atoms with Gasteiger partial charge in [-0.05, 0) is 25.1 Å². The summed E-state index contributed by atoms with van der Waals surface area (Å²) in [4.78, 5) is 15.2. The van der Waals surface area contributed by atoms with E-state index in [0.29, 0.717) is 23.8 Å². The van der Waals surface area contributed by atoms with E-state index in [2.05, 4.69) is 10.3 Å². The highest BCUT2D eigenvalue weighted by Gasteiger charge is 2.04. The fourth-order valence-electron chi connectivity index (χ4n) is 0.950. The van der Waals surface area contributed by atoms with Gasteiger partial charge in [0, 0.05) is 18.3 Å². The number of aromatic nitrogens is 1. The molecule has 5 heteroatoms. The zero-order valence-electron chi connectivity index (χ0n) is 7.66. The van der Waals surface area contributed by atoms with Crippen molar-refractivity contribution in [2.24, 2.45) is 5.73 Å². The van der Waals surface area contributed by atoms with Gasteiger partial charge >= 0.3 is 0 Å². The smallest absolute Gasteiger partial charge is 0.251 e. The average molecular weight is 214 g/mol. The van der Waals surface area contributed by atoms with Crippen LogP contribution in [-0.4, -0.2) is 24.0 Å². The lowest BCUT2D eigenvalue weighted by atomic mass is 10.2. The fourth-order valence-corrected chi connectivity index (χ4v) is 1.12. The van der Waals surface area contributed by atoms with E-state index < -0.39 is 0 Å². The van der Waals surface area contributed by atoms with Crippen LogP contribution in [0.25, 0.3) is 0 Å². The number of nitrogens with two attached hydrogens (primary N) is 1. The third-order valence-electron chi connectivity index (χ3n) is 1.66. The highest BCUT2D eigenvalue weighted by molar-refractivity contribution is 6.29. The molecule has 4 nitrogen and oxygen atoms in total. The second-order valence-corrected chi connectivity index (χ2v) is 3.15. The Morgan fingerprint density at radius 2 is 2.43 bits per heavy atom. The maximum absolute atomic E-state index is 11.4. The minimum atomic E-state index is -0.150. The molecule has 0 aliphatic heterocycles. The van der Waals surface area contributed by atoms with Crippen LogP contribution in [0.15, 0.2) is 18.3 Å². The van der Waals surface area contributed by atoms with Crippen molar-refractivity contribution in [1.29, 1.82) is 0 Å². The van der Waals surface area contributed by atoms with Gasteiger partial charge in [-0.15, -0.1) is 0 Å². The van der Waals surface area contributed by atoms with Crippen LogP contribution in [0.1, 0.15) is 16.8 Å². The van der Waals surface area contributed by atoms with Gasteiger partial charge in [0.1, 0.15) is 5.15 Å². The van der Waals surface area contributed by atoms with Crippen molar-refractivity contribution in [3.63, 3.8) is 0 Å². The molecule has 0 atom stereocenters. The number of nitrogens with one attached hydrogen (secondary N) is 1. The molecule has 76 valence electrons. The van der Waals surface area contributed by atoms with Crippen molar-refractivity contribution in [3.05, 3.63) is 29.0 Å². The molecule has 1 amide bonds. The van der Waals surface area contributed by atoms with Gasteiger partial charge in [0.25, 0.3) is 5.91 Å². The van der Waals surface area contributed by atoms with E-state index in [1.807, 2.05) is 0 Å². The minimum absolute atomic E-state index is 0.150. The normalized spacial score (nSPS) is 9.86. The first-order valence-corrected chi connectivity index (χ1v) is 4.71. The van der Waals surface area contributed by atoms with E-state index in [4.69, 9.17) is 17.3 Å². The number of carbonyl (C=O) groups excluding carboxylic acids is 1. The van der Waals surface area contributed by atoms with Gasteiger partial charge in [0.2, 0.25) is 0 Å². The predicted molar refractivity (Wildman–Crippen MR) is 55.3 cm³/mol. The summed E-state index contributed by atoms with van der Waals surface area (Å²) < 4.78 is 0. The van der Waals surface area contributed by atoms with Crippen molar-refractivity contribution in [2.45, 2.75) is 6.42 Å². The molecule has 0 unspecified atom stereocenters. The van der Waals surface area contributed by atoms with Crippen molar-refractivity contribution < 1.29 is 4.79 Å². The summed E-state index contributed by atoms with van der Waals surface area (Å²) in [6, 6.07) is 3.14. The zero-order valence-corrected chi connectivity index (χ0v) is 8.42. The third-order valence-corrected chi connectivity index (χ3v) is 1.86. The Balaban J connectivity index is 2.52. The van der Waals surface area contributed by atoms with Gasteiger partial charge in [-0.25, -0.2) is 4.98 Å². The molecular weight excluding hydrogens is 202 g/mol. The van der Waals surface area contributed by atoms with Crippen LogP contribution < -0.4 is 11.1 Å². The van der Waals surface area contributed by atoms with Crippen LogP contribution in [0.3, 0.4) is 0 Å². The molecule has 0 fully saturated rings. The molecule has 0 bridgehead atoms. The Labute approximate surface area is 87.5 Å². The minimum Gasteiger partial charge on any atom is -0.352 e. The third kappa shape index (κ3) is 3.32. The topological polar surface area (TPSA) is 68.0 Å². The van der Waals surface area contributed by atoms with Gasteiger partial charge in [0.15, 0.2) is 0 Å². The quantitative estimate of drug-likeness (QED) is 0.575. The summed E-state index contributed by atoms with van der Waals surface area (Å²) in [5.74, 6) is -0.150. The molecule has 0 aliphatic carbocycles. The van der Waals surface area contributed by atoms with Crippen molar-refractivity contribution >= 4 is 17.5 Å². The maximum Gasteiger partial charge on any atom is 0.251 e. The van der Waals surface area contributed by atoms with Gasteiger partial charge < -0.3 is 11.1 Å². The van der Waals surface area contributed by atoms with E-state index >= 15 is 0 Å². The van der Waals surface area contributed by atoms with Crippen molar-refractivity contribution in [1.82, 2.24) is 10.3 Å². The number of amides is 1. The molecule has 3 N–H and O–H groups in total.